The van der Waals surface area contributed by atoms with Crippen LogP contribution < -0.4 is 9.47 Å². The number of carbonyl (C=O) groups is 2. The summed E-state index contributed by atoms with van der Waals surface area (Å²) in [5.41, 5.74) is 1.37. The van der Waals surface area contributed by atoms with Gasteiger partial charge in [0.05, 0.1) is 20.3 Å². The van der Waals surface area contributed by atoms with Crippen LogP contribution in [0.3, 0.4) is 0 Å². The molecule has 1 aromatic rings. The number of hydrogen-bond acceptors (Lipinski definition) is 5. The summed E-state index contributed by atoms with van der Waals surface area (Å²) in [6, 6.07) is 3.40. The molecule has 0 N–H and O–H groups in total. The highest BCUT2D eigenvalue weighted by atomic mass is 16.6. The third-order valence-corrected chi connectivity index (χ3v) is 3.95. The fourth-order valence-corrected chi connectivity index (χ4v) is 2.91. The van der Waals surface area contributed by atoms with Crippen molar-refractivity contribution in [3.05, 3.63) is 23.3 Å². The molecule has 6 nitrogen and oxygen atoms in total. The third kappa shape index (κ3) is 3.80. The molecule has 1 aliphatic heterocycles. The first-order chi connectivity index (χ1) is 11.3. The number of nitrogens with zero attached hydrogens (tertiary/aromatic N) is 1. The number of fused-ring (bicyclic) bond motifs is 1. The molecule has 6 heteroatoms. The molecule has 0 radical (unpaired) electrons. The molecule has 0 spiro atoms. The Hall–Kier alpha value is -2.24. The fraction of sp³-hybridized carbons (Fsp3) is 0.556. The van der Waals surface area contributed by atoms with Gasteiger partial charge in [0.15, 0.2) is 11.5 Å². The van der Waals surface area contributed by atoms with Crippen molar-refractivity contribution in [3.63, 3.8) is 0 Å². The molecule has 1 heterocycles. The van der Waals surface area contributed by atoms with Crippen LogP contribution in [-0.2, 0) is 16.0 Å². The van der Waals surface area contributed by atoms with Crippen molar-refractivity contribution in [2.75, 3.05) is 20.8 Å². The van der Waals surface area contributed by atoms with Gasteiger partial charge >= 0.3 is 6.09 Å². The quantitative estimate of drug-likeness (QED) is 0.791. The molecule has 1 aliphatic rings. The first-order valence-corrected chi connectivity index (χ1v) is 7.98. The summed E-state index contributed by atoms with van der Waals surface area (Å²) < 4.78 is 16.2. The molecule has 0 bridgehead atoms. The molecule has 0 aliphatic carbocycles. The molecule has 1 amide bonds. The lowest BCUT2D eigenvalue weighted by atomic mass is 9.90. The van der Waals surface area contributed by atoms with Crippen LogP contribution in [0, 0.1) is 0 Å². The van der Waals surface area contributed by atoms with Crippen LogP contribution in [0.15, 0.2) is 12.1 Å². The van der Waals surface area contributed by atoms with Crippen LogP contribution in [0.1, 0.15) is 44.4 Å². The Kier molecular flexibility index (Phi) is 5.36. The van der Waals surface area contributed by atoms with Crippen molar-refractivity contribution < 1.29 is 23.8 Å². The summed E-state index contributed by atoms with van der Waals surface area (Å²) in [6.07, 6.45) is 1.30. The van der Waals surface area contributed by atoms with Crippen LogP contribution in [0.2, 0.25) is 0 Å². The molecule has 24 heavy (non-hydrogen) atoms. The maximum absolute atomic E-state index is 12.5. The summed E-state index contributed by atoms with van der Waals surface area (Å²) in [7, 11) is 3.15. The zero-order valence-corrected chi connectivity index (χ0v) is 14.9. The summed E-state index contributed by atoms with van der Waals surface area (Å²) in [6.45, 7) is 5.97. The Morgan fingerprint density at radius 1 is 1.25 bits per heavy atom. The SMILES string of the molecule is COc1cc2c(cc1OC)[C@H](CC=O)N(C(=O)OC(C)(C)C)CC2. The van der Waals surface area contributed by atoms with Gasteiger partial charge in [0.2, 0.25) is 0 Å². The predicted molar refractivity (Wildman–Crippen MR) is 89.6 cm³/mol. The predicted octanol–water partition coefficient (Wildman–Crippen LogP) is 3.13. The van der Waals surface area contributed by atoms with E-state index in [-0.39, 0.29) is 12.5 Å². The van der Waals surface area contributed by atoms with Crippen molar-refractivity contribution in [2.45, 2.75) is 45.3 Å². The Bertz CT molecular complexity index is 621. The average Bonchev–Trinajstić information content (AvgIpc) is 2.52. The Morgan fingerprint density at radius 2 is 1.88 bits per heavy atom. The normalized spacial score (nSPS) is 17.0. The Morgan fingerprint density at radius 3 is 2.42 bits per heavy atom. The lowest BCUT2D eigenvalue weighted by Crippen LogP contribution is -2.43. The van der Waals surface area contributed by atoms with Crippen LogP contribution in [0.4, 0.5) is 4.79 Å². The molecule has 0 saturated carbocycles. The highest BCUT2D eigenvalue weighted by Crippen LogP contribution is 2.39. The van der Waals surface area contributed by atoms with Crippen molar-refractivity contribution in [1.29, 1.82) is 0 Å². The van der Waals surface area contributed by atoms with Gasteiger partial charge in [-0.15, -0.1) is 0 Å². The molecule has 1 atom stereocenters. The summed E-state index contributed by atoms with van der Waals surface area (Å²) in [4.78, 5) is 25.3. The van der Waals surface area contributed by atoms with Crippen LogP contribution in [-0.4, -0.2) is 43.6 Å². The molecule has 2 rings (SSSR count). The highest BCUT2D eigenvalue weighted by molar-refractivity contribution is 5.71. The van der Waals surface area contributed by atoms with Crippen LogP contribution in [0.5, 0.6) is 11.5 Å². The molecule has 132 valence electrons. The second-order valence-electron chi connectivity index (χ2n) is 6.75. The van der Waals surface area contributed by atoms with Gasteiger partial charge in [-0.25, -0.2) is 4.79 Å². The standard InChI is InChI=1S/C18H25NO5/c1-18(2,3)24-17(21)19-8-6-12-10-15(22-4)16(23-5)11-13(12)14(19)7-9-20/h9-11,14H,6-8H2,1-5H3/t14-/m0/s1. The van der Waals surface area contributed by atoms with Gasteiger partial charge in [-0.3, -0.25) is 0 Å². The number of benzene rings is 1. The fourth-order valence-electron chi connectivity index (χ4n) is 2.91. The molecule has 0 fully saturated rings. The van der Waals surface area contributed by atoms with E-state index in [0.717, 1.165) is 17.4 Å². The topological polar surface area (TPSA) is 65.1 Å². The highest BCUT2D eigenvalue weighted by Gasteiger charge is 2.34. The van der Waals surface area contributed by atoms with E-state index in [9.17, 15) is 9.59 Å². The van der Waals surface area contributed by atoms with Gasteiger partial charge in [0.25, 0.3) is 0 Å². The number of rotatable bonds is 4. The van der Waals surface area contributed by atoms with Gasteiger partial charge < -0.3 is 23.9 Å². The number of ether oxygens (including phenoxy) is 3. The van der Waals surface area contributed by atoms with E-state index >= 15 is 0 Å². The molecule has 1 aromatic carbocycles. The Balaban J connectivity index is 2.40. The maximum atomic E-state index is 12.5. The van der Waals surface area contributed by atoms with Crippen LogP contribution in [0.25, 0.3) is 0 Å². The molecule has 0 unspecified atom stereocenters. The van der Waals surface area contributed by atoms with E-state index in [1.807, 2.05) is 32.9 Å². The second-order valence-corrected chi connectivity index (χ2v) is 6.75. The average molecular weight is 335 g/mol. The van der Waals surface area contributed by atoms with Crippen molar-refractivity contribution in [2.24, 2.45) is 0 Å². The van der Waals surface area contributed by atoms with Gasteiger partial charge in [-0.2, -0.15) is 0 Å². The van der Waals surface area contributed by atoms with E-state index in [4.69, 9.17) is 14.2 Å². The van der Waals surface area contributed by atoms with E-state index in [2.05, 4.69) is 0 Å². The van der Waals surface area contributed by atoms with Gasteiger partial charge in [-0.05, 0) is 50.5 Å². The molecule has 0 saturated heterocycles. The molecular weight excluding hydrogens is 310 g/mol. The van der Waals surface area contributed by atoms with Crippen LogP contribution >= 0.6 is 0 Å². The van der Waals surface area contributed by atoms with Crippen molar-refractivity contribution >= 4 is 12.4 Å². The van der Waals surface area contributed by atoms with E-state index < -0.39 is 11.7 Å². The first-order valence-electron chi connectivity index (χ1n) is 7.98. The van der Waals surface area contributed by atoms with E-state index in [1.165, 1.54) is 0 Å². The summed E-state index contributed by atoms with van der Waals surface area (Å²) >= 11 is 0. The van der Waals surface area contributed by atoms with Gasteiger partial charge in [0.1, 0.15) is 11.9 Å². The monoisotopic (exact) mass is 335 g/mol. The minimum atomic E-state index is -0.583. The first kappa shape index (κ1) is 18.1. The summed E-state index contributed by atoms with van der Waals surface area (Å²) in [5, 5.41) is 0. The second kappa shape index (κ2) is 7.11. The zero-order chi connectivity index (χ0) is 17.9. The number of methoxy groups -OCH3 is 2. The number of aldehydes is 1. The Labute approximate surface area is 142 Å². The lowest BCUT2D eigenvalue weighted by Gasteiger charge is -2.37. The minimum Gasteiger partial charge on any atom is -0.493 e. The largest absolute Gasteiger partial charge is 0.493 e. The molecular formula is C18H25NO5. The van der Waals surface area contributed by atoms with E-state index in [0.29, 0.717) is 24.5 Å². The van der Waals surface area contributed by atoms with Gasteiger partial charge in [0, 0.05) is 13.0 Å². The third-order valence-electron chi connectivity index (χ3n) is 3.95. The lowest BCUT2D eigenvalue weighted by molar-refractivity contribution is -0.109. The van der Waals surface area contributed by atoms with Gasteiger partial charge in [-0.1, -0.05) is 0 Å². The zero-order valence-electron chi connectivity index (χ0n) is 14.9. The summed E-state index contributed by atoms with van der Waals surface area (Å²) in [5.74, 6) is 1.23. The number of hydrogen-bond donors (Lipinski definition) is 0. The smallest absolute Gasteiger partial charge is 0.410 e. The number of carbonyl (C=O) groups excluding carboxylic acids is 2. The number of amides is 1. The van der Waals surface area contributed by atoms with Crippen molar-refractivity contribution in [3.8, 4) is 11.5 Å². The van der Waals surface area contributed by atoms with E-state index in [1.54, 1.807) is 19.1 Å². The minimum absolute atomic E-state index is 0.210. The maximum Gasteiger partial charge on any atom is 0.410 e. The van der Waals surface area contributed by atoms with Crippen molar-refractivity contribution in [1.82, 2.24) is 4.90 Å². The molecule has 0 aromatic heterocycles.